The Morgan fingerprint density at radius 3 is 2.73 bits per heavy atom. The van der Waals surface area contributed by atoms with Crippen LogP contribution in [0.15, 0.2) is 28.9 Å². The number of furan rings is 1. The highest BCUT2D eigenvalue weighted by Crippen LogP contribution is 2.33. The van der Waals surface area contributed by atoms with E-state index < -0.39 is 0 Å². The van der Waals surface area contributed by atoms with Crippen LogP contribution in [0.25, 0.3) is 11.0 Å². The number of hydrogen-bond donors (Lipinski definition) is 1. The van der Waals surface area contributed by atoms with Gasteiger partial charge in [-0.1, -0.05) is 12.1 Å². The third-order valence-electron chi connectivity index (χ3n) is 5.34. The van der Waals surface area contributed by atoms with Gasteiger partial charge in [-0.3, -0.25) is 4.79 Å². The van der Waals surface area contributed by atoms with Crippen LogP contribution in [0.2, 0.25) is 0 Å². The highest BCUT2D eigenvalue weighted by Gasteiger charge is 2.34. The zero-order valence-corrected chi connectivity index (χ0v) is 15.7. The number of benzene rings is 1. The van der Waals surface area contributed by atoms with Gasteiger partial charge in [-0.15, -0.1) is 0 Å². The van der Waals surface area contributed by atoms with Gasteiger partial charge in [-0.05, 0) is 31.9 Å². The number of fused-ring (bicyclic) bond motifs is 1. The zero-order valence-electron chi connectivity index (χ0n) is 15.7. The Labute approximate surface area is 152 Å². The van der Waals surface area contributed by atoms with Gasteiger partial charge in [-0.25, -0.2) is 4.98 Å². The Kier molecular flexibility index (Phi) is 4.07. The summed E-state index contributed by atoms with van der Waals surface area (Å²) >= 11 is 0. The van der Waals surface area contributed by atoms with Crippen LogP contribution >= 0.6 is 0 Å². The van der Waals surface area contributed by atoms with Crippen LogP contribution in [-0.4, -0.2) is 40.0 Å². The maximum atomic E-state index is 13.4. The second-order valence-corrected chi connectivity index (χ2v) is 7.07. The van der Waals surface area contributed by atoms with Crippen molar-refractivity contribution >= 4 is 16.9 Å². The lowest BCUT2D eigenvalue weighted by Gasteiger charge is -2.35. The van der Waals surface area contributed by atoms with Gasteiger partial charge < -0.3 is 19.2 Å². The van der Waals surface area contributed by atoms with Gasteiger partial charge in [0.25, 0.3) is 5.91 Å². The van der Waals surface area contributed by atoms with Crippen LogP contribution in [0.3, 0.4) is 0 Å². The molecule has 0 saturated carbocycles. The number of rotatable bonds is 2. The largest absolute Gasteiger partial charge is 0.450 e. The molecule has 6 heteroatoms. The van der Waals surface area contributed by atoms with Gasteiger partial charge >= 0.3 is 0 Å². The molecule has 26 heavy (non-hydrogen) atoms. The van der Waals surface area contributed by atoms with Crippen molar-refractivity contribution in [3.63, 3.8) is 0 Å². The van der Waals surface area contributed by atoms with Crippen LogP contribution in [0, 0.1) is 20.8 Å². The molecule has 0 aliphatic carbocycles. The van der Waals surface area contributed by atoms with Gasteiger partial charge in [0.05, 0.1) is 0 Å². The average Bonchev–Trinajstić information content (AvgIpc) is 3.22. The van der Waals surface area contributed by atoms with Crippen LogP contribution in [-0.2, 0) is 7.05 Å². The fraction of sp³-hybridized carbons (Fsp3) is 0.400. The van der Waals surface area contributed by atoms with E-state index in [1.54, 1.807) is 6.20 Å². The number of piperazine rings is 1. The second kappa shape index (κ2) is 6.29. The molecule has 0 spiro atoms. The molecule has 1 atom stereocenters. The van der Waals surface area contributed by atoms with Crippen molar-refractivity contribution < 1.29 is 9.21 Å². The first-order valence-corrected chi connectivity index (χ1v) is 8.97. The molecule has 0 radical (unpaired) electrons. The number of aryl methyl sites for hydroxylation is 4. The Morgan fingerprint density at radius 1 is 1.27 bits per heavy atom. The molecule has 1 amide bonds. The summed E-state index contributed by atoms with van der Waals surface area (Å²) in [6.07, 6.45) is 3.68. The average molecular weight is 352 g/mol. The van der Waals surface area contributed by atoms with E-state index >= 15 is 0 Å². The number of carbonyl (C=O) groups excluding carboxylic acids is 1. The predicted octanol–water partition coefficient (Wildman–Crippen LogP) is 2.88. The number of nitrogens with zero attached hydrogens (tertiary/aromatic N) is 3. The number of carbonyl (C=O) groups is 1. The Morgan fingerprint density at radius 2 is 2.04 bits per heavy atom. The quantitative estimate of drug-likeness (QED) is 0.770. The summed E-state index contributed by atoms with van der Waals surface area (Å²) in [6.45, 7) is 8.13. The Hall–Kier alpha value is -2.60. The van der Waals surface area contributed by atoms with E-state index in [4.69, 9.17) is 4.42 Å². The summed E-state index contributed by atoms with van der Waals surface area (Å²) in [6, 6.07) is 4.01. The molecule has 1 aromatic carbocycles. The molecule has 1 aliphatic heterocycles. The van der Waals surface area contributed by atoms with E-state index in [-0.39, 0.29) is 11.9 Å². The molecule has 1 fully saturated rings. The normalized spacial score (nSPS) is 17.8. The van der Waals surface area contributed by atoms with E-state index in [2.05, 4.69) is 23.3 Å². The number of nitrogens with one attached hydrogen (secondary N) is 1. The first kappa shape index (κ1) is 16.8. The van der Waals surface area contributed by atoms with E-state index in [9.17, 15) is 4.79 Å². The molecule has 1 N–H and O–H groups in total. The summed E-state index contributed by atoms with van der Waals surface area (Å²) in [5.74, 6) is 1.26. The first-order chi connectivity index (χ1) is 12.5. The number of hydrogen-bond acceptors (Lipinski definition) is 4. The standard InChI is InChI=1S/C20H24N4O2/c1-12-5-6-13(2)17-16(12)14(3)18(26-17)20(25)24-10-7-21-11-15(24)19-22-8-9-23(19)4/h5-6,8-9,15,21H,7,10-11H2,1-4H3. The number of aromatic nitrogens is 2. The van der Waals surface area contributed by atoms with Crippen molar-refractivity contribution in [2.45, 2.75) is 26.8 Å². The molecular formula is C20H24N4O2. The van der Waals surface area contributed by atoms with Crippen molar-refractivity contribution in [2.75, 3.05) is 19.6 Å². The van der Waals surface area contributed by atoms with E-state index in [0.717, 1.165) is 40.0 Å². The number of amides is 1. The molecule has 1 saturated heterocycles. The Balaban J connectivity index is 1.78. The fourth-order valence-corrected chi connectivity index (χ4v) is 3.89. The lowest BCUT2D eigenvalue weighted by molar-refractivity contribution is 0.0589. The van der Waals surface area contributed by atoms with E-state index in [1.165, 1.54) is 0 Å². The SMILES string of the molecule is Cc1ccc(C)c2c(C)c(C(=O)N3CCNCC3c3nccn3C)oc12. The lowest BCUT2D eigenvalue weighted by atomic mass is 10.0. The molecule has 1 unspecified atom stereocenters. The van der Waals surface area contributed by atoms with Crippen LogP contribution < -0.4 is 5.32 Å². The lowest BCUT2D eigenvalue weighted by Crippen LogP contribution is -2.49. The van der Waals surface area contributed by atoms with E-state index in [1.807, 2.05) is 42.6 Å². The van der Waals surface area contributed by atoms with Gasteiger partial charge in [-0.2, -0.15) is 0 Å². The maximum absolute atomic E-state index is 13.4. The minimum absolute atomic E-state index is 0.0630. The molecule has 2 aromatic heterocycles. The minimum Gasteiger partial charge on any atom is -0.450 e. The Bertz CT molecular complexity index is 985. The zero-order chi connectivity index (χ0) is 18.4. The molecule has 1 aliphatic rings. The highest BCUT2D eigenvalue weighted by atomic mass is 16.3. The summed E-state index contributed by atoms with van der Waals surface area (Å²) < 4.78 is 8.05. The van der Waals surface area contributed by atoms with E-state index in [0.29, 0.717) is 18.8 Å². The molecule has 136 valence electrons. The van der Waals surface area contributed by atoms with Crippen LogP contribution in [0.5, 0.6) is 0 Å². The summed E-state index contributed by atoms with van der Waals surface area (Å²) in [4.78, 5) is 19.7. The van der Waals surface area contributed by atoms with Crippen molar-refractivity contribution in [2.24, 2.45) is 7.05 Å². The fourth-order valence-electron chi connectivity index (χ4n) is 3.89. The summed E-state index contributed by atoms with van der Waals surface area (Å²) in [5, 5.41) is 4.42. The molecular weight excluding hydrogens is 328 g/mol. The van der Waals surface area contributed by atoms with Crippen molar-refractivity contribution in [1.82, 2.24) is 19.8 Å². The predicted molar refractivity (Wildman–Crippen MR) is 100 cm³/mol. The summed E-state index contributed by atoms with van der Waals surface area (Å²) in [5.41, 5.74) is 3.92. The van der Waals surface area contributed by atoms with Gasteiger partial charge in [0.15, 0.2) is 5.76 Å². The topological polar surface area (TPSA) is 63.3 Å². The highest BCUT2D eigenvalue weighted by molar-refractivity contribution is 6.00. The van der Waals surface area contributed by atoms with Crippen LogP contribution in [0.4, 0.5) is 0 Å². The molecule has 3 heterocycles. The molecule has 0 bridgehead atoms. The maximum Gasteiger partial charge on any atom is 0.290 e. The minimum atomic E-state index is -0.106. The van der Waals surface area contributed by atoms with Crippen molar-refractivity contribution in [3.05, 3.63) is 52.8 Å². The molecule has 3 aromatic rings. The first-order valence-electron chi connectivity index (χ1n) is 8.97. The van der Waals surface area contributed by atoms with Gasteiger partial charge in [0, 0.05) is 50.0 Å². The smallest absolute Gasteiger partial charge is 0.290 e. The van der Waals surface area contributed by atoms with Gasteiger partial charge in [0.1, 0.15) is 17.4 Å². The van der Waals surface area contributed by atoms with Gasteiger partial charge in [0.2, 0.25) is 0 Å². The second-order valence-electron chi connectivity index (χ2n) is 7.07. The summed E-state index contributed by atoms with van der Waals surface area (Å²) in [7, 11) is 1.96. The van der Waals surface area contributed by atoms with Crippen molar-refractivity contribution in [3.8, 4) is 0 Å². The third kappa shape index (κ3) is 2.52. The third-order valence-corrected chi connectivity index (χ3v) is 5.34. The van der Waals surface area contributed by atoms with Crippen molar-refractivity contribution in [1.29, 1.82) is 0 Å². The monoisotopic (exact) mass is 352 g/mol. The number of imidazole rings is 1. The molecule has 4 rings (SSSR count). The molecule has 6 nitrogen and oxygen atoms in total. The van der Waals surface area contributed by atoms with Crippen LogP contribution in [0.1, 0.15) is 39.1 Å².